The summed E-state index contributed by atoms with van der Waals surface area (Å²) in [4.78, 5) is 34.1. The van der Waals surface area contributed by atoms with Crippen molar-refractivity contribution in [3.63, 3.8) is 0 Å². The first-order valence-corrected chi connectivity index (χ1v) is 18.5. The number of rotatable bonds is 16. The topological polar surface area (TPSA) is 428 Å². The van der Waals surface area contributed by atoms with E-state index in [1.165, 1.54) is 0 Å². The molecular formula is C34H58N6O18. The fourth-order valence-corrected chi connectivity index (χ4v) is 6.28. The average molecular weight is 839 g/mol. The van der Waals surface area contributed by atoms with Crippen molar-refractivity contribution < 1.29 is 89.1 Å². The lowest BCUT2D eigenvalue weighted by Gasteiger charge is -2.49. The molecule has 0 radical (unpaired) electrons. The number of carbonyl (C=O) groups is 3. The molecule has 3 fully saturated rings. The number of amides is 2. The Morgan fingerprint density at radius 1 is 0.793 bits per heavy atom. The van der Waals surface area contributed by atoms with Crippen molar-refractivity contribution in [3.05, 3.63) is 35.9 Å². The molecule has 1 aromatic rings. The summed E-state index contributed by atoms with van der Waals surface area (Å²) in [6, 6.07) is 5.71. The number of alkyl carbamates (subject to hydrolysis) is 1. The van der Waals surface area contributed by atoms with Crippen molar-refractivity contribution in [3.8, 4) is 0 Å². The van der Waals surface area contributed by atoms with Crippen molar-refractivity contribution in [2.24, 2.45) is 22.9 Å². The van der Waals surface area contributed by atoms with E-state index in [1.807, 2.05) is 30.3 Å². The van der Waals surface area contributed by atoms with E-state index in [0.29, 0.717) is 0 Å². The highest BCUT2D eigenvalue weighted by atomic mass is 16.7. The summed E-state index contributed by atoms with van der Waals surface area (Å²) >= 11 is 0. The van der Waals surface area contributed by atoms with Gasteiger partial charge in [-0.25, -0.2) is 9.59 Å². The van der Waals surface area contributed by atoms with Gasteiger partial charge in [0, 0.05) is 25.6 Å². The number of carboxylic acid groups (broad SMARTS) is 1. The van der Waals surface area contributed by atoms with Gasteiger partial charge >= 0.3 is 12.1 Å². The molecule has 4 rings (SSSR count). The number of benzene rings is 1. The smallest absolute Gasteiger partial charge is 0.407 e. The summed E-state index contributed by atoms with van der Waals surface area (Å²) in [6.07, 6.45) is -22.0. The molecular weight excluding hydrogens is 780 g/mol. The Bertz CT molecular complexity index is 1400. The first-order valence-electron chi connectivity index (χ1n) is 18.5. The number of hydrogen-bond acceptors (Lipinski definition) is 21. The van der Waals surface area contributed by atoms with Gasteiger partial charge in [-0.3, -0.25) is 4.79 Å². The Morgan fingerprint density at radius 2 is 1.41 bits per heavy atom. The second-order valence-electron chi connectivity index (χ2n) is 14.0. The maximum Gasteiger partial charge on any atom is 0.407 e. The van der Waals surface area contributed by atoms with E-state index in [4.69, 9.17) is 56.8 Å². The minimum absolute atomic E-state index is 0.0101. The molecule has 0 spiro atoms. The minimum Gasteiger partial charge on any atom is -0.479 e. The van der Waals surface area contributed by atoms with Gasteiger partial charge in [-0.05, 0) is 24.9 Å². The Labute approximate surface area is 332 Å². The van der Waals surface area contributed by atoms with Crippen LogP contribution in [-0.4, -0.2) is 199 Å². The molecule has 17 atom stereocenters. The van der Waals surface area contributed by atoms with Gasteiger partial charge in [0.2, 0.25) is 5.91 Å². The van der Waals surface area contributed by atoms with Gasteiger partial charge in [0.25, 0.3) is 0 Å². The van der Waals surface area contributed by atoms with Gasteiger partial charge in [-0.2, -0.15) is 0 Å². The second kappa shape index (κ2) is 23.5. The molecule has 2 amide bonds. The predicted octanol–water partition coefficient (Wildman–Crippen LogP) is -7.68. The number of ether oxygens (including phenoxy) is 5. The Hall–Kier alpha value is -3.25. The van der Waals surface area contributed by atoms with Crippen LogP contribution in [0, 0.1) is 0 Å². The number of aliphatic carboxylic acids is 1. The van der Waals surface area contributed by atoms with Crippen LogP contribution >= 0.6 is 0 Å². The largest absolute Gasteiger partial charge is 0.479 e. The normalized spacial score (nSPS) is 36.1. The van der Waals surface area contributed by atoms with Gasteiger partial charge in [-0.1, -0.05) is 30.3 Å². The summed E-state index contributed by atoms with van der Waals surface area (Å²) in [5, 5.41) is 105. The van der Waals surface area contributed by atoms with Crippen LogP contribution in [-0.2, 0) is 39.9 Å². The van der Waals surface area contributed by atoms with Gasteiger partial charge in [0.1, 0.15) is 73.8 Å². The lowest BCUT2D eigenvalue weighted by atomic mass is 9.83. The van der Waals surface area contributed by atoms with Crippen LogP contribution in [0.15, 0.2) is 30.3 Å². The summed E-state index contributed by atoms with van der Waals surface area (Å²) in [7, 11) is 0. The third kappa shape index (κ3) is 13.4. The first-order chi connectivity index (χ1) is 27.4. The van der Waals surface area contributed by atoms with Crippen LogP contribution in [0.5, 0.6) is 0 Å². The van der Waals surface area contributed by atoms with Crippen LogP contribution in [0.1, 0.15) is 24.8 Å². The number of nitrogens with one attached hydrogen (secondary N) is 2. The van der Waals surface area contributed by atoms with E-state index in [1.54, 1.807) is 0 Å². The van der Waals surface area contributed by atoms with Crippen molar-refractivity contribution >= 4 is 18.0 Å². The Morgan fingerprint density at radius 3 is 2.02 bits per heavy atom. The predicted molar refractivity (Wildman–Crippen MR) is 194 cm³/mol. The molecule has 2 saturated heterocycles. The summed E-state index contributed by atoms with van der Waals surface area (Å²) < 4.78 is 27.4. The summed E-state index contributed by atoms with van der Waals surface area (Å²) in [6.45, 7) is -0.709. The van der Waals surface area contributed by atoms with Crippen molar-refractivity contribution in [1.82, 2.24) is 10.6 Å². The van der Waals surface area contributed by atoms with E-state index in [0.717, 1.165) is 5.56 Å². The van der Waals surface area contributed by atoms with E-state index in [9.17, 15) is 55.2 Å². The highest BCUT2D eigenvalue weighted by molar-refractivity contribution is 5.80. The maximum atomic E-state index is 12.6. The molecule has 332 valence electrons. The van der Waals surface area contributed by atoms with Gasteiger partial charge in [0.15, 0.2) is 18.7 Å². The number of carbonyl (C=O) groups excluding carboxylic acids is 2. The van der Waals surface area contributed by atoms with Gasteiger partial charge in [-0.15, -0.1) is 0 Å². The zero-order valence-corrected chi connectivity index (χ0v) is 31.4. The van der Waals surface area contributed by atoms with Crippen molar-refractivity contribution in [2.45, 2.75) is 130 Å². The standard InChI is InChI=1S/C22H43N5O13.C12H15NO5/c23-2-1-8(29)20(36)27-7-3-6(25)18(39-22-16(34)15(33)13(31)9(4-24)37-22)17(35)19(7)40-21-14(32)11(26)12(30)10(5-28)38-21;14-10(11(15)16)6-7-13-12(17)18-8-9-4-2-1-3-5-9/h6-19,21-22,28-35H,1-5,23-26H2,(H,27,36);1-5,10,14H,6-8H2,(H,13,17)(H,15,16)/t6-,7+,8-,9+,10+,11-,12+,13+,14+,15-,16+,17-,18+,19-,21+,22+;10-/m00/s1. The number of aliphatic hydroxyl groups excluding tert-OH is 9. The van der Waals surface area contributed by atoms with Crippen molar-refractivity contribution in [1.29, 1.82) is 0 Å². The molecule has 58 heavy (non-hydrogen) atoms. The summed E-state index contributed by atoms with van der Waals surface area (Å²) in [5.41, 5.74) is 23.9. The van der Waals surface area contributed by atoms with E-state index >= 15 is 0 Å². The van der Waals surface area contributed by atoms with Crippen LogP contribution < -0.4 is 33.6 Å². The molecule has 24 heteroatoms. The molecule has 0 aromatic heterocycles. The Kier molecular flexibility index (Phi) is 19.9. The minimum atomic E-state index is -1.76. The molecule has 0 bridgehead atoms. The monoisotopic (exact) mass is 838 g/mol. The fourth-order valence-electron chi connectivity index (χ4n) is 6.28. The molecule has 3 aliphatic rings. The van der Waals surface area contributed by atoms with Crippen LogP contribution in [0.2, 0.25) is 0 Å². The average Bonchev–Trinajstić information content (AvgIpc) is 3.20. The van der Waals surface area contributed by atoms with Crippen LogP contribution in [0.4, 0.5) is 4.79 Å². The van der Waals surface area contributed by atoms with E-state index in [-0.39, 0.29) is 45.5 Å². The molecule has 2 heterocycles. The lowest BCUT2D eigenvalue weighted by Crippen LogP contribution is -2.69. The van der Waals surface area contributed by atoms with Gasteiger partial charge in [0.05, 0.1) is 18.7 Å². The van der Waals surface area contributed by atoms with Crippen molar-refractivity contribution in [2.75, 3.05) is 26.2 Å². The molecule has 0 unspecified atom stereocenters. The number of nitrogens with two attached hydrogens (primary N) is 4. The Balaban J connectivity index is 0.000000417. The third-order valence-electron chi connectivity index (χ3n) is 9.69. The van der Waals surface area contributed by atoms with E-state index in [2.05, 4.69) is 10.6 Å². The first kappa shape index (κ1) is 49.1. The zero-order chi connectivity index (χ0) is 43.3. The molecule has 20 N–H and O–H groups in total. The molecule has 2 aliphatic heterocycles. The lowest BCUT2D eigenvalue weighted by molar-refractivity contribution is -0.332. The number of hydrogen-bond donors (Lipinski definition) is 16. The van der Waals surface area contributed by atoms with Crippen LogP contribution in [0.25, 0.3) is 0 Å². The summed E-state index contributed by atoms with van der Waals surface area (Å²) in [5.74, 6) is -2.16. The SMILES string of the molecule is NCC[C@H](O)C(=O)N[C@@H]1C[C@H](N)[C@@H](O[C@H]2O[C@H](CN)[C@@H](O)[C@H](O)[C@H]2O)[C@H](O)[C@H]1O[C@H]1O[C@H](CO)[C@@H](O)[C@H](N)[C@H]1O.O=C(NCC[C@H](O)C(=O)O)OCc1ccccc1. The quantitative estimate of drug-likeness (QED) is 0.0735. The maximum absolute atomic E-state index is 12.6. The van der Waals surface area contributed by atoms with E-state index < -0.39 is 129 Å². The second-order valence-corrected chi connectivity index (χ2v) is 14.0. The molecule has 1 aromatic carbocycles. The molecule has 24 nitrogen and oxygen atoms in total. The molecule has 1 saturated carbocycles. The third-order valence-corrected chi connectivity index (χ3v) is 9.69. The highest BCUT2D eigenvalue weighted by Gasteiger charge is 2.52. The highest BCUT2D eigenvalue weighted by Crippen LogP contribution is 2.32. The fraction of sp³-hybridized carbons (Fsp3) is 0.735. The number of aliphatic hydroxyl groups is 9. The van der Waals surface area contributed by atoms with Crippen LogP contribution in [0.3, 0.4) is 0 Å². The molecule has 1 aliphatic carbocycles. The van der Waals surface area contributed by atoms with Gasteiger partial charge < -0.3 is 108 Å². The zero-order valence-electron chi connectivity index (χ0n) is 31.4. The number of carboxylic acids is 1.